The fraction of sp³-hybridized carbons (Fsp3) is 0.421. The minimum atomic E-state index is -0.496. The van der Waals surface area contributed by atoms with Gasteiger partial charge in [0.2, 0.25) is 6.79 Å². The number of anilines is 1. The molecule has 0 aliphatic carbocycles. The maximum absolute atomic E-state index is 13.0. The van der Waals surface area contributed by atoms with Crippen molar-refractivity contribution in [3.63, 3.8) is 0 Å². The van der Waals surface area contributed by atoms with Crippen molar-refractivity contribution in [3.05, 3.63) is 35.2 Å². The highest BCUT2D eigenvalue weighted by atomic mass is 16.7. The van der Waals surface area contributed by atoms with Gasteiger partial charge in [-0.3, -0.25) is 9.69 Å². The Morgan fingerprint density at radius 2 is 1.96 bits per heavy atom. The highest BCUT2D eigenvalue weighted by Crippen LogP contribution is 2.34. The van der Waals surface area contributed by atoms with E-state index in [0.717, 1.165) is 17.1 Å². The van der Waals surface area contributed by atoms with Gasteiger partial charge in [-0.2, -0.15) is 0 Å². The minimum absolute atomic E-state index is 0.227. The van der Waals surface area contributed by atoms with Gasteiger partial charge in [-0.1, -0.05) is 11.2 Å². The molecule has 0 saturated carbocycles. The minimum Gasteiger partial charge on any atom is -0.454 e. The van der Waals surface area contributed by atoms with Gasteiger partial charge in [0, 0.05) is 26.2 Å². The molecule has 3 aliphatic rings. The van der Waals surface area contributed by atoms with Crippen LogP contribution < -0.4 is 14.4 Å². The lowest BCUT2D eigenvalue weighted by atomic mass is 10.1. The Balaban J connectivity index is 1.34. The average Bonchev–Trinajstić information content (AvgIpc) is 3.34. The SMILES string of the molecule is Cc1noc(C)c1N1C(=O)C2CN(Cc3ccc4c(c3)OCO4)CCN2C1=O. The lowest BCUT2D eigenvalue weighted by Gasteiger charge is -2.35. The molecule has 0 spiro atoms. The summed E-state index contributed by atoms with van der Waals surface area (Å²) < 4.78 is 15.9. The van der Waals surface area contributed by atoms with Gasteiger partial charge in [-0.15, -0.1) is 0 Å². The molecule has 0 radical (unpaired) electrons. The van der Waals surface area contributed by atoms with Gasteiger partial charge in [-0.05, 0) is 31.5 Å². The molecule has 9 nitrogen and oxygen atoms in total. The zero-order valence-electron chi connectivity index (χ0n) is 15.7. The third-order valence-corrected chi connectivity index (χ3v) is 5.47. The number of carbonyl (C=O) groups is 2. The summed E-state index contributed by atoms with van der Waals surface area (Å²) in [4.78, 5) is 30.9. The number of hydrogen-bond acceptors (Lipinski definition) is 7. The number of urea groups is 1. The monoisotopic (exact) mass is 384 g/mol. The predicted molar refractivity (Wildman–Crippen MR) is 97.2 cm³/mol. The van der Waals surface area contributed by atoms with Crippen molar-refractivity contribution >= 4 is 17.6 Å². The zero-order chi connectivity index (χ0) is 19.4. The molecular formula is C19H20N4O5. The second kappa shape index (κ2) is 6.23. The number of amides is 3. The van der Waals surface area contributed by atoms with E-state index in [1.165, 1.54) is 4.90 Å². The number of ether oxygens (including phenoxy) is 2. The molecule has 1 atom stereocenters. The van der Waals surface area contributed by atoms with Crippen LogP contribution in [-0.4, -0.2) is 59.4 Å². The number of imide groups is 1. The summed E-state index contributed by atoms with van der Waals surface area (Å²) in [5.41, 5.74) is 2.08. The number of aryl methyl sites for hydroxylation is 2. The van der Waals surface area contributed by atoms with E-state index >= 15 is 0 Å². The molecule has 2 saturated heterocycles. The third kappa shape index (κ3) is 2.54. The number of hydrogen-bond donors (Lipinski definition) is 0. The van der Waals surface area contributed by atoms with Crippen molar-refractivity contribution in [1.82, 2.24) is 15.0 Å². The summed E-state index contributed by atoms with van der Waals surface area (Å²) in [7, 11) is 0. The van der Waals surface area contributed by atoms with Crippen LogP contribution in [0.5, 0.6) is 11.5 Å². The second-order valence-electron chi connectivity index (χ2n) is 7.26. The Bertz CT molecular complexity index is 952. The smallest absolute Gasteiger partial charge is 0.332 e. The fourth-order valence-corrected chi connectivity index (χ4v) is 4.10. The summed E-state index contributed by atoms with van der Waals surface area (Å²) in [5.74, 6) is 1.74. The zero-order valence-corrected chi connectivity index (χ0v) is 15.7. The molecule has 1 unspecified atom stereocenters. The highest BCUT2D eigenvalue weighted by molar-refractivity contribution is 6.22. The molecule has 2 aromatic rings. The standard InChI is InChI=1S/C19H20N4O5/c1-11-17(12(2)28-20-11)23-18(24)14-9-21(5-6-22(14)19(23)25)8-13-3-4-15-16(7-13)27-10-26-15/h3-4,7,14H,5-6,8-10H2,1-2H3. The largest absolute Gasteiger partial charge is 0.454 e. The normalized spacial score (nSPS) is 21.6. The molecule has 5 rings (SSSR count). The predicted octanol–water partition coefficient (Wildman–Crippen LogP) is 1.67. The maximum atomic E-state index is 13.0. The molecule has 2 fully saturated rings. The van der Waals surface area contributed by atoms with Crippen LogP contribution in [0.3, 0.4) is 0 Å². The van der Waals surface area contributed by atoms with Crippen LogP contribution in [0, 0.1) is 13.8 Å². The number of benzene rings is 1. The molecule has 3 aliphatic heterocycles. The number of carbonyl (C=O) groups excluding carboxylic acids is 2. The topological polar surface area (TPSA) is 88.3 Å². The van der Waals surface area contributed by atoms with Gasteiger partial charge in [0.1, 0.15) is 17.4 Å². The van der Waals surface area contributed by atoms with E-state index in [9.17, 15) is 9.59 Å². The average molecular weight is 384 g/mol. The molecule has 3 amide bonds. The summed E-state index contributed by atoms with van der Waals surface area (Å²) in [6, 6.07) is 5.07. The molecule has 146 valence electrons. The Labute approximate surface area is 161 Å². The first-order valence-corrected chi connectivity index (χ1v) is 9.21. The molecular weight excluding hydrogens is 364 g/mol. The Hall–Kier alpha value is -3.07. The van der Waals surface area contributed by atoms with Crippen LogP contribution in [0.25, 0.3) is 0 Å². The van der Waals surface area contributed by atoms with Gasteiger partial charge in [-0.25, -0.2) is 9.69 Å². The number of aromatic nitrogens is 1. The molecule has 28 heavy (non-hydrogen) atoms. The van der Waals surface area contributed by atoms with Crippen LogP contribution in [-0.2, 0) is 11.3 Å². The number of fused-ring (bicyclic) bond motifs is 2. The van der Waals surface area contributed by atoms with Crippen LogP contribution >= 0.6 is 0 Å². The molecule has 0 bridgehead atoms. The third-order valence-electron chi connectivity index (χ3n) is 5.47. The summed E-state index contributed by atoms with van der Waals surface area (Å²) in [6.45, 7) is 6.04. The lowest BCUT2D eigenvalue weighted by Crippen LogP contribution is -2.52. The van der Waals surface area contributed by atoms with Gasteiger partial charge in [0.15, 0.2) is 17.3 Å². The first kappa shape index (κ1) is 17.1. The van der Waals surface area contributed by atoms with Gasteiger partial charge < -0.3 is 18.9 Å². The number of piperazine rings is 1. The van der Waals surface area contributed by atoms with E-state index in [-0.39, 0.29) is 18.7 Å². The molecule has 1 aromatic heterocycles. The van der Waals surface area contributed by atoms with Crippen LogP contribution in [0.2, 0.25) is 0 Å². The molecule has 9 heteroatoms. The van der Waals surface area contributed by atoms with Crippen LogP contribution in [0.4, 0.5) is 10.5 Å². The molecule has 4 heterocycles. The van der Waals surface area contributed by atoms with E-state index in [4.69, 9.17) is 14.0 Å². The quantitative estimate of drug-likeness (QED) is 0.744. The summed E-state index contributed by atoms with van der Waals surface area (Å²) in [6.07, 6.45) is 0. The number of rotatable bonds is 3. The van der Waals surface area contributed by atoms with Crippen molar-refractivity contribution in [2.24, 2.45) is 0 Å². The van der Waals surface area contributed by atoms with Crippen molar-refractivity contribution in [1.29, 1.82) is 0 Å². The van der Waals surface area contributed by atoms with Crippen molar-refractivity contribution in [2.75, 3.05) is 31.3 Å². The van der Waals surface area contributed by atoms with Crippen molar-refractivity contribution in [3.8, 4) is 11.5 Å². The highest BCUT2D eigenvalue weighted by Gasteiger charge is 2.49. The molecule has 1 aromatic carbocycles. The van der Waals surface area contributed by atoms with Crippen LogP contribution in [0.15, 0.2) is 22.7 Å². The lowest BCUT2D eigenvalue weighted by molar-refractivity contribution is -0.121. The van der Waals surface area contributed by atoms with E-state index in [0.29, 0.717) is 43.3 Å². The van der Waals surface area contributed by atoms with E-state index in [2.05, 4.69) is 10.1 Å². The maximum Gasteiger partial charge on any atom is 0.332 e. The summed E-state index contributed by atoms with van der Waals surface area (Å²) >= 11 is 0. The van der Waals surface area contributed by atoms with Gasteiger partial charge >= 0.3 is 6.03 Å². The van der Waals surface area contributed by atoms with Crippen molar-refractivity contribution in [2.45, 2.75) is 26.4 Å². The van der Waals surface area contributed by atoms with Gasteiger partial charge in [0.25, 0.3) is 5.91 Å². The second-order valence-corrected chi connectivity index (χ2v) is 7.26. The van der Waals surface area contributed by atoms with Crippen LogP contribution in [0.1, 0.15) is 17.0 Å². The fourth-order valence-electron chi connectivity index (χ4n) is 4.10. The Kier molecular flexibility index (Phi) is 3.80. The molecule has 0 N–H and O–H groups in total. The van der Waals surface area contributed by atoms with Gasteiger partial charge in [0.05, 0.1) is 0 Å². The van der Waals surface area contributed by atoms with Crippen molar-refractivity contribution < 1.29 is 23.6 Å². The first-order valence-electron chi connectivity index (χ1n) is 9.21. The van der Waals surface area contributed by atoms with E-state index in [1.54, 1.807) is 18.7 Å². The number of nitrogens with zero attached hydrogens (tertiary/aromatic N) is 4. The van der Waals surface area contributed by atoms with E-state index < -0.39 is 6.04 Å². The Morgan fingerprint density at radius 1 is 1.14 bits per heavy atom. The first-order chi connectivity index (χ1) is 13.5. The summed E-state index contributed by atoms with van der Waals surface area (Å²) in [5, 5.41) is 3.87. The van der Waals surface area contributed by atoms with E-state index in [1.807, 2.05) is 18.2 Å². The Morgan fingerprint density at radius 3 is 2.75 bits per heavy atom.